The fourth-order valence-corrected chi connectivity index (χ4v) is 33.8. The quantitative estimate of drug-likeness (QED) is 0.0665. The van der Waals surface area contributed by atoms with Gasteiger partial charge in [-0.3, -0.25) is 0 Å². The molecule has 16 fully saturated rings. The van der Waals surface area contributed by atoms with E-state index in [-0.39, 0.29) is 21.7 Å². The van der Waals surface area contributed by atoms with Crippen LogP contribution in [0.3, 0.4) is 0 Å². The average molecular weight is 1920 g/mol. The van der Waals surface area contributed by atoms with E-state index in [1.807, 2.05) is 0 Å². The average Bonchev–Trinajstić information content (AvgIpc) is 0.708. The van der Waals surface area contributed by atoms with Crippen molar-refractivity contribution in [3.8, 4) is 11.1 Å². The Balaban J connectivity index is 0.000000205. The molecule has 146 heavy (non-hydrogen) atoms. The van der Waals surface area contributed by atoms with Gasteiger partial charge in [-0.05, 0) is 455 Å². The van der Waals surface area contributed by atoms with Gasteiger partial charge in [-0.25, -0.2) is 0 Å². The fourth-order valence-electron chi connectivity index (χ4n) is 33.8. The van der Waals surface area contributed by atoms with Crippen molar-refractivity contribution in [3.63, 3.8) is 0 Å². The number of fused-ring (bicyclic) bond motifs is 4. The number of benzene rings is 15. The van der Waals surface area contributed by atoms with Crippen LogP contribution in [0, 0.1) is 122 Å². The van der Waals surface area contributed by atoms with Crippen LogP contribution in [0.1, 0.15) is 302 Å². The van der Waals surface area contributed by atoms with Crippen LogP contribution in [0.25, 0.3) is 54.2 Å². The van der Waals surface area contributed by atoms with Crippen molar-refractivity contribution in [1.82, 2.24) is 0 Å². The van der Waals surface area contributed by atoms with Crippen LogP contribution in [-0.4, -0.2) is 0 Å². The highest BCUT2D eigenvalue weighted by molar-refractivity contribution is 6.25. The minimum Gasteiger partial charge on any atom is -0.309 e. The molecule has 31 rings (SSSR count). The third kappa shape index (κ3) is 17.1. The van der Waals surface area contributed by atoms with Crippen molar-refractivity contribution < 1.29 is 0 Å². The zero-order valence-electron chi connectivity index (χ0n) is 90.2. The molecular formula is C142H156N4. The van der Waals surface area contributed by atoms with Gasteiger partial charge in [-0.15, -0.1) is 0 Å². The van der Waals surface area contributed by atoms with E-state index in [0.29, 0.717) is 23.7 Å². The van der Waals surface area contributed by atoms with Gasteiger partial charge < -0.3 is 19.6 Å². The van der Waals surface area contributed by atoms with Crippen molar-refractivity contribution in [2.24, 2.45) is 94.7 Å². The first-order chi connectivity index (χ1) is 70.4. The largest absolute Gasteiger partial charge is 0.309 e. The van der Waals surface area contributed by atoms with E-state index >= 15 is 0 Å². The molecule has 0 amide bonds. The highest BCUT2D eigenvalue weighted by atomic mass is 15.2. The lowest BCUT2D eigenvalue weighted by Crippen LogP contribution is -2.44. The van der Waals surface area contributed by atoms with E-state index in [9.17, 15) is 0 Å². The number of hydrogen-bond acceptors (Lipinski definition) is 4. The third-order valence-electron chi connectivity index (χ3n) is 39.7. The number of rotatable bonds is 17. The van der Waals surface area contributed by atoms with E-state index < -0.39 is 0 Å². The Hall–Kier alpha value is -11.5. The minimum atomic E-state index is -0.0847. The molecule has 0 spiro atoms. The summed E-state index contributed by atoms with van der Waals surface area (Å²) >= 11 is 0. The molecule has 0 unspecified atom stereocenters. The molecular weight excluding hydrogens is 1760 g/mol. The SMILES string of the molecule is CC(C)(C)c1cc(N(c2cc(C3C4CC5CC(C4)CC3C5)cc(C3C4CC5CC(C4)CC3C5)c2)c2c3ccccc3c(N(c3cc(C4C5CC6CC(C5)CC4C6)cc(C4C5CC6CC(C5)CC4C6)c3)c3cc(C(C)(C)C)cc(C(C)(C)C)c3)c3cc(-c4ccccc4)ccc23)cc(C(C)(C)C)c1.Cc1ccc(N(c2ccc(C)cc2)c2c3ccccc3c(N(c3ccc(C)cc3)c3ccc(C)cc3)c3ccccc23)cc1. The summed E-state index contributed by atoms with van der Waals surface area (Å²) in [6, 6.07) is 116. The summed E-state index contributed by atoms with van der Waals surface area (Å²) in [6.45, 7) is 38.1. The zero-order chi connectivity index (χ0) is 99.6. The molecule has 744 valence electrons. The molecule has 4 nitrogen and oxygen atoms in total. The van der Waals surface area contributed by atoms with Crippen LogP contribution < -0.4 is 19.6 Å². The van der Waals surface area contributed by atoms with Gasteiger partial charge in [0.2, 0.25) is 0 Å². The molecule has 4 heteroatoms. The Labute approximate surface area is 873 Å². The van der Waals surface area contributed by atoms with Crippen molar-refractivity contribution in [1.29, 1.82) is 0 Å². The summed E-state index contributed by atoms with van der Waals surface area (Å²) in [6.07, 6.45) is 28.9. The molecule has 15 aromatic carbocycles. The molecule has 0 saturated heterocycles. The van der Waals surface area contributed by atoms with E-state index in [2.05, 4.69) is 422 Å². The first-order valence-electron chi connectivity index (χ1n) is 57.4. The molecule has 16 aliphatic rings. The first-order valence-corrected chi connectivity index (χ1v) is 57.4. The molecule has 0 aliphatic heterocycles. The third-order valence-corrected chi connectivity index (χ3v) is 39.7. The Morgan fingerprint density at radius 3 is 0.610 bits per heavy atom. The summed E-state index contributed by atoms with van der Waals surface area (Å²) in [7, 11) is 0. The Bertz CT molecular complexity index is 6910. The van der Waals surface area contributed by atoms with Crippen LogP contribution >= 0.6 is 0 Å². The van der Waals surface area contributed by atoms with Crippen LogP contribution in [0.15, 0.2) is 291 Å². The summed E-state index contributed by atoms with van der Waals surface area (Å²) < 4.78 is 0. The lowest BCUT2D eigenvalue weighted by atomic mass is 9.49. The van der Waals surface area contributed by atoms with Gasteiger partial charge in [0.05, 0.1) is 22.7 Å². The van der Waals surface area contributed by atoms with Crippen molar-refractivity contribution in [2.45, 2.75) is 285 Å². The molecule has 0 radical (unpaired) electrons. The van der Waals surface area contributed by atoms with Crippen LogP contribution in [-0.2, 0) is 21.7 Å². The molecule has 0 atom stereocenters. The van der Waals surface area contributed by atoms with Gasteiger partial charge in [0, 0.05) is 88.6 Å². The number of nitrogens with zero attached hydrogens (tertiary/aromatic N) is 4. The predicted octanol–water partition coefficient (Wildman–Crippen LogP) is 40.1. The Morgan fingerprint density at radius 1 is 0.171 bits per heavy atom. The maximum Gasteiger partial charge on any atom is 0.0620 e. The van der Waals surface area contributed by atoms with Gasteiger partial charge in [0.25, 0.3) is 0 Å². The van der Waals surface area contributed by atoms with Gasteiger partial charge in [-0.2, -0.15) is 0 Å². The Kier molecular flexibility index (Phi) is 23.4. The number of anilines is 12. The molecule has 16 saturated carbocycles. The van der Waals surface area contributed by atoms with Gasteiger partial charge in [0.15, 0.2) is 0 Å². The number of aryl methyl sites for hydroxylation is 4. The van der Waals surface area contributed by atoms with E-state index in [4.69, 9.17) is 0 Å². The van der Waals surface area contributed by atoms with Gasteiger partial charge in [0.1, 0.15) is 0 Å². The molecule has 16 aliphatic carbocycles. The number of hydrogen-bond donors (Lipinski definition) is 0. The lowest BCUT2D eigenvalue weighted by molar-refractivity contribution is -0.00507. The van der Waals surface area contributed by atoms with Gasteiger partial charge in [-0.1, -0.05) is 293 Å². The van der Waals surface area contributed by atoms with E-state index in [0.717, 1.165) is 117 Å². The summed E-state index contributed by atoms with van der Waals surface area (Å²) in [4.78, 5) is 10.7. The monoisotopic (exact) mass is 1920 g/mol. The first kappa shape index (κ1) is 94.3. The summed E-state index contributed by atoms with van der Waals surface area (Å²) in [5.74, 6) is 16.2. The van der Waals surface area contributed by atoms with Crippen molar-refractivity contribution in [2.75, 3.05) is 19.6 Å². The summed E-state index contributed by atoms with van der Waals surface area (Å²) in [5.41, 5.74) is 34.6. The standard InChI is InChI=1S/C100H120N2.C42H36N2/c1-97(2,3)79-51-80(98(4,5)6)54-85(53-79)101(83-46-75(91-67-28-57-24-58(30-67)31-68(91)29-57)44-76(47-83)92-69-32-59-25-60(34-69)35-70(92)33-59)95-87-20-16-17-21-88(87)96(90-50-66(22-23-89(90)95)65-18-14-13-15-19-65)102(86-55-81(99(7,8)9)52-82(56-86)100(10,11)12)84-48-77(93-71-36-61-26-62(38-71)39-72(93)37-61)45-78(49-84)94-73-40-63-27-64(42-73)43-74(94)41-63;1-29-13-21-33(22-14-29)43(34-23-15-30(2)16-24-34)41-37-9-5-7-11-39(37)42(40-12-8-6-10-38(40)41)44(35-25-17-31(3)18-26-35)36-27-19-32(4)20-28-36/h13-23,44-64,67-74,91-94H,24-43H2,1-12H3;5-28H,1-4H3. The second-order valence-electron chi connectivity index (χ2n) is 53.9. The normalized spacial score (nSPS) is 27.0. The second-order valence-corrected chi connectivity index (χ2v) is 53.9. The minimum absolute atomic E-state index is 0.0806. The highest BCUT2D eigenvalue weighted by Gasteiger charge is 2.55. The molecule has 0 N–H and O–H groups in total. The van der Waals surface area contributed by atoms with Crippen LogP contribution in [0.2, 0.25) is 0 Å². The molecule has 0 heterocycles. The fraction of sp³-hybridized carbons (Fsp3) is 0.423. The van der Waals surface area contributed by atoms with Crippen molar-refractivity contribution in [3.05, 3.63) is 358 Å². The molecule has 15 aromatic rings. The van der Waals surface area contributed by atoms with Crippen molar-refractivity contribution >= 4 is 111 Å². The molecule has 0 aromatic heterocycles. The zero-order valence-corrected chi connectivity index (χ0v) is 90.2. The maximum absolute atomic E-state index is 2.94. The molecule has 16 bridgehead atoms. The second kappa shape index (κ2) is 36.2. The van der Waals surface area contributed by atoms with Crippen LogP contribution in [0.5, 0.6) is 0 Å². The highest BCUT2D eigenvalue weighted by Crippen LogP contribution is 2.68. The summed E-state index contributed by atoms with van der Waals surface area (Å²) in [5, 5.41) is 10.2. The lowest BCUT2D eigenvalue weighted by Gasteiger charge is -2.56. The maximum atomic E-state index is 2.94. The van der Waals surface area contributed by atoms with E-state index in [1.54, 1.807) is 22.3 Å². The van der Waals surface area contributed by atoms with Crippen LogP contribution in [0.4, 0.5) is 68.2 Å². The smallest absolute Gasteiger partial charge is 0.0620 e. The van der Waals surface area contributed by atoms with Gasteiger partial charge >= 0.3 is 0 Å². The topological polar surface area (TPSA) is 13.0 Å². The Morgan fingerprint density at radius 2 is 0.377 bits per heavy atom. The predicted molar refractivity (Wildman–Crippen MR) is 620 cm³/mol. The van der Waals surface area contributed by atoms with E-state index in [1.165, 1.54) is 273 Å².